The largest absolute Gasteiger partial charge is 0.392 e. The van der Waals surface area contributed by atoms with E-state index < -0.39 is 23.0 Å². The van der Waals surface area contributed by atoms with Crippen LogP contribution in [0.5, 0.6) is 0 Å². The molecular weight excluding hydrogens is 228 g/mol. The molecule has 0 saturated heterocycles. The third-order valence-corrected chi connectivity index (χ3v) is 6.34. The highest BCUT2D eigenvalue weighted by molar-refractivity contribution is 5.93. The molecule has 0 aromatic heterocycles. The third kappa shape index (κ3) is 1.20. The number of hydrogen-bond acceptors (Lipinski definition) is 3. The summed E-state index contributed by atoms with van der Waals surface area (Å²) in [6.45, 7) is 6.25. The van der Waals surface area contributed by atoms with Crippen molar-refractivity contribution < 1.29 is 15.0 Å². The molecule has 3 saturated carbocycles. The third-order valence-electron chi connectivity index (χ3n) is 6.34. The molecule has 1 spiro atoms. The molecule has 0 heterocycles. The first-order valence-corrected chi connectivity index (χ1v) is 7.16. The fourth-order valence-corrected chi connectivity index (χ4v) is 5.27. The van der Waals surface area contributed by atoms with Crippen LogP contribution >= 0.6 is 0 Å². The molecular formula is C15H24O3. The number of ketones is 1. The minimum absolute atomic E-state index is 0.0404. The lowest BCUT2D eigenvalue weighted by molar-refractivity contribution is -0.176. The number of carbonyl (C=O) groups excluding carboxylic acids is 1. The number of carbonyl (C=O) groups is 1. The zero-order valence-corrected chi connectivity index (χ0v) is 11.6. The van der Waals surface area contributed by atoms with Crippen LogP contribution in [0.3, 0.4) is 0 Å². The first-order chi connectivity index (χ1) is 8.25. The molecule has 2 N–H and O–H groups in total. The lowest BCUT2D eigenvalue weighted by atomic mass is 9.48. The average molecular weight is 252 g/mol. The van der Waals surface area contributed by atoms with Crippen LogP contribution in [0.2, 0.25) is 0 Å². The van der Waals surface area contributed by atoms with E-state index >= 15 is 0 Å². The maximum absolute atomic E-state index is 12.9. The van der Waals surface area contributed by atoms with Gasteiger partial charge in [0.2, 0.25) is 0 Å². The molecule has 3 aliphatic carbocycles. The molecule has 0 amide bonds. The summed E-state index contributed by atoms with van der Waals surface area (Å²) in [5.74, 6) is 0.427. The molecule has 18 heavy (non-hydrogen) atoms. The van der Waals surface area contributed by atoms with E-state index in [0.717, 1.165) is 19.3 Å². The van der Waals surface area contributed by atoms with Crippen molar-refractivity contribution >= 4 is 5.78 Å². The molecule has 3 aliphatic rings. The van der Waals surface area contributed by atoms with Crippen LogP contribution in [0.15, 0.2) is 0 Å². The smallest absolute Gasteiger partial charge is 0.150 e. The Morgan fingerprint density at radius 1 is 1.06 bits per heavy atom. The molecule has 0 unspecified atom stereocenters. The Balaban J connectivity index is 2.11. The molecule has 0 radical (unpaired) electrons. The molecule has 0 aliphatic heterocycles. The summed E-state index contributed by atoms with van der Waals surface area (Å²) in [4.78, 5) is 12.9. The predicted molar refractivity (Wildman–Crippen MR) is 67.9 cm³/mol. The van der Waals surface area contributed by atoms with Crippen molar-refractivity contribution in [3.05, 3.63) is 0 Å². The van der Waals surface area contributed by atoms with Crippen molar-refractivity contribution in [1.82, 2.24) is 0 Å². The maximum Gasteiger partial charge on any atom is 0.150 e. The van der Waals surface area contributed by atoms with Crippen LogP contribution in [-0.4, -0.2) is 28.2 Å². The van der Waals surface area contributed by atoms with Gasteiger partial charge in [0.05, 0.1) is 23.0 Å². The van der Waals surface area contributed by atoms with Gasteiger partial charge in [0.25, 0.3) is 0 Å². The zero-order valence-electron chi connectivity index (χ0n) is 11.6. The highest BCUT2D eigenvalue weighted by atomic mass is 16.3. The van der Waals surface area contributed by atoms with Gasteiger partial charge in [-0.25, -0.2) is 0 Å². The van der Waals surface area contributed by atoms with Crippen LogP contribution in [0, 0.1) is 22.2 Å². The molecule has 3 rings (SSSR count). The summed E-state index contributed by atoms with van der Waals surface area (Å²) in [7, 11) is 0. The van der Waals surface area contributed by atoms with Gasteiger partial charge in [0.1, 0.15) is 5.78 Å². The van der Waals surface area contributed by atoms with Gasteiger partial charge < -0.3 is 10.2 Å². The summed E-state index contributed by atoms with van der Waals surface area (Å²) in [5.41, 5.74) is -1.13. The van der Waals surface area contributed by atoms with E-state index in [1.54, 1.807) is 0 Å². The second-order valence-corrected chi connectivity index (χ2v) is 7.64. The van der Waals surface area contributed by atoms with E-state index in [4.69, 9.17) is 0 Å². The average Bonchev–Trinajstić information content (AvgIpc) is 2.46. The van der Waals surface area contributed by atoms with Gasteiger partial charge in [-0.1, -0.05) is 20.8 Å². The number of fused-ring (bicyclic) bond motifs is 1. The van der Waals surface area contributed by atoms with Gasteiger partial charge in [0.15, 0.2) is 0 Å². The van der Waals surface area contributed by atoms with Gasteiger partial charge in [-0.15, -0.1) is 0 Å². The monoisotopic (exact) mass is 252 g/mol. The van der Waals surface area contributed by atoms with Crippen LogP contribution in [0.1, 0.15) is 52.9 Å². The first-order valence-electron chi connectivity index (χ1n) is 7.16. The summed E-state index contributed by atoms with van der Waals surface area (Å²) in [6, 6.07) is 0. The maximum atomic E-state index is 12.9. The lowest BCUT2D eigenvalue weighted by Crippen LogP contribution is -2.61. The standard InChI is InChI=1S/C15H24O3/c1-13(2)8-11(17)15-7-5-10(16)14(3,12(15)18)6-4-9(13)15/h9-11,16-17H,4-8H2,1-3H3/t9-,10+,11-,14-,15-/m0/s1. The Hall–Kier alpha value is -0.410. The fraction of sp³-hybridized carbons (Fsp3) is 0.933. The first kappa shape index (κ1) is 12.6. The molecule has 2 bridgehead atoms. The number of aliphatic hydroxyl groups excluding tert-OH is 2. The molecule has 102 valence electrons. The van der Waals surface area contributed by atoms with Crippen molar-refractivity contribution in [3.8, 4) is 0 Å². The molecule has 3 fully saturated rings. The van der Waals surface area contributed by atoms with Crippen LogP contribution in [0.25, 0.3) is 0 Å². The van der Waals surface area contributed by atoms with Crippen molar-refractivity contribution in [1.29, 1.82) is 0 Å². The SMILES string of the molecule is CC1(C)C[C@H](O)[C@]23CC[C@@H](O)[C@](C)(CC[C@@H]12)C3=O. The van der Waals surface area contributed by atoms with Crippen molar-refractivity contribution in [2.24, 2.45) is 22.2 Å². The number of Topliss-reactive ketones (excluding diaryl/α,β-unsaturated/α-hetero) is 1. The molecule has 0 aromatic rings. The summed E-state index contributed by atoms with van der Waals surface area (Å²) >= 11 is 0. The summed E-state index contributed by atoms with van der Waals surface area (Å²) in [5, 5.41) is 20.7. The molecule has 5 atom stereocenters. The summed E-state index contributed by atoms with van der Waals surface area (Å²) in [6.07, 6.45) is 2.74. The Bertz CT molecular complexity index is 403. The second kappa shape index (κ2) is 3.37. The predicted octanol–water partition coefficient (Wildman–Crippen LogP) is 1.90. The second-order valence-electron chi connectivity index (χ2n) is 7.64. The van der Waals surface area contributed by atoms with E-state index in [1.165, 1.54) is 0 Å². The van der Waals surface area contributed by atoms with E-state index in [9.17, 15) is 15.0 Å². The quantitative estimate of drug-likeness (QED) is 0.692. The van der Waals surface area contributed by atoms with Gasteiger partial charge in [-0.2, -0.15) is 0 Å². The van der Waals surface area contributed by atoms with Crippen molar-refractivity contribution in [2.75, 3.05) is 0 Å². The Morgan fingerprint density at radius 2 is 1.72 bits per heavy atom. The molecule has 0 aromatic carbocycles. The highest BCUT2D eigenvalue weighted by Crippen LogP contribution is 2.66. The minimum atomic E-state index is -0.615. The Kier molecular flexibility index (Phi) is 2.36. The number of aliphatic hydroxyl groups is 2. The van der Waals surface area contributed by atoms with Crippen LogP contribution < -0.4 is 0 Å². The summed E-state index contributed by atoms with van der Waals surface area (Å²) < 4.78 is 0. The lowest BCUT2D eigenvalue weighted by Gasteiger charge is -2.55. The highest BCUT2D eigenvalue weighted by Gasteiger charge is 2.69. The number of hydrogen-bond donors (Lipinski definition) is 2. The molecule has 3 nitrogen and oxygen atoms in total. The van der Waals surface area contributed by atoms with E-state index in [1.807, 2.05) is 6.92 Å². The fourth-order valence-electron chi connectivity index (χ4n) is 5.27. The molecule has 3 heteroatoms. The van der Waals surface area contributed by atoms with Crippen LogP contribution in [-0.2, 0) is 4.79 Å². The Labute approximate surface area is 109 Å². The van der Waals surface area contributed by atoms with E-state index in [-0.39, 0.29) is 17.1 Å². The van der Waals surface area contributed by atoms with Crippen molar-refractivity contribution in [2.45, 2.75) is 65.1 Å². The van der Waals surface area contributed by atoms with Gasteiger partial charge in [0, 0.05) is 0 Å². The minimum Gasteiger partial charge on any atom is -0.392 e. The van der Waals surface area contributed by atoms with Crippen molar-refractivity contribution in [3.63, 3.8) is 0 Å². The van der Waals surface area contributed by atoms with Gasteiger partial charge in [-0.3, -0.25) is 4.79 Å². The Morgan fingerprint density at radius 3 is 2.39 bits per heavy atom. The van der Waals surface area contributed by atoms with Gasteiger partial charge >= 0.3 is 0 Å². The van der Waals surface area contributed by atoms with Gasteiger partial charge in [-0.05, 0) is 43.4 Å². The normalized spacial score (nSPS) is 54.3. The van der Waals surface area contributed by atoms with E-state index in [2.05, 4.69) is 13.8 Å². The zero-order chi connectivity index (χ0) is 13.3. The van der Waals surface area contributed by atoms with Crippen LogP contribution in [0.4, 0.5) is 0 Å². The van der Waals surface area contributed by atoms with E-state index in [0.29, 0.717) is 12.8 Å². The number of rotatable bonds is 0. The topological polar surface area (TPSA) is 57.5 Å².